The zero-order valence-corrected chi connectivity index (χ0v) is 17.4. The Morgan fingerprint density at radius 1 is 0.429 bits per heavy atom. The van der Waals surface area contributed by atoms with Gasteiger partial charge in [-0.15, -0.1) is 32.7 Å². The van der Waals surface area contributed by atoms with Gasteiger partial charge in [0.15, 0.2) is 0 Å². The van der Waals surface area contributed by atoms with Crippen LogP contribution in [0.5, 0.6) is 0 Å². The van der Waals surface area contributed by atoms with Crippen molar-refractivity contribution in [3.8, 4) is 0 Å². The van der Waals surface area contributed by atoms with E-state index in [1.807, 2.05) is 0 Å². The summed E-state index contributed by atoms with van der Waals surface area (Å²) < 4.78 is 0. The number of unbranched alkanes of at least 4 members (excludes halogenated alkanes) is 9. The quantitative estimate of drug-likeness (QED) is 0.205. The van der Waals surface area contributed by atoms with Crippen LogP contribution in [0.15, 0.2) is 0 Å². The molecule has 0 rings (SSSR count). The van der Waals surface area contributed by atoms with E-state index in [9.17, 15) is 0 Å². The predicted octanol–water partition coefficient (Wildman–Crippen LogP) is 8.05. The fourth-order valence-electron chi connectivity index (χ4n) is 2.62. The van der Waals surface area contributed by atoms with Gasteiger partial charge in [0, 0.05) is 0 Å². The Morgan fingerprint density at radius 2 is 0.714 bits per heavy atom. The van der Waals surface area contributed by atoms with Crippen molar-refractivity contribution < 1.29 is 0 Å². The van der Waals surface area contributed by atoms with Gasteiger partial charge in [0.05, 0.1) is 0 Å². The van der Waals surface area contributed by atoms with E-state index >= 15 is 0 Å². The van der Waals surface area contributed by atoms with Crippen LogP contribution < -0.4 is 0 Å². The van der Waals surface area contributed by atoms with Crippen molar-refractivity contribution in [3.63, 3.8) is 0 Å². The van der Waals surface area contributed by atoms with E-state index in [0.29, 0.717) is 7.92 Å². The smallest absolute Gasteiger partial charge is 0.0326 e. The predicted molar refractivity (Wildman–Crippen MR) is 108 cm³/mol. The molecule has 0 N–H and O–H groups in total. The first-order valence-electron chi connectivity index (χ1n) is 9.07. The minimum atomic E-state index is 0. The van der Waals surface area contributed by atoms with Crippen LogP contribution in [0.25, 0.3) is 0 Å². The average Bonchev–Trinajstić information content (AvgIpc) is 2.43. The number of hydrogen-bond donors (Lipinski definition) is 0. The molecule has 0 fully saturated rings. The third-order valence-corrected chi connectivity index (χ3v) is 6.83. The van der Waals surface area contributed by atoms with Crippen LogP contribution in [0.2, 0.25) is 0 Å². The van der Waals surface area contributed by atoms with Crippen molar-refractivity contribution in [3.05, 3.63) is 0 Å². The number of rotatable bonds is 15. The first-order valence-corrected chi connectivity index (χ1v) is 11.0. The second-order valence-electron chi connectivity index (χ2n) is 6.02. The Kier molecular flexibility index (Phi) is 29.8. The lowest BCUT2D eigenvalue weighted by molar-refractivity contribution is 0.687. The molecule has 3 heteroatoms. The van der Waals surface area contributed by atoms with Crippen LogP contribution in [-0.4, -0.2) is 18.5 Å². The zero-order valence-electron chi connectivity index (χ0n) is 14.9. The van der Waals surface area contributed by atoms with Gasteiger partial charge in [-0.25, -0.2) is 0 Å². The first-order chi connectivity index (χ1) is 9.35. The second-order valence-corrected chi connectivity index (χ2v) is 8.71. The van der Waals surface area contributed by atoms with E-state index in [1.54, 1.807) is 18.5 Å². The first kappa shape index (κ1) is 26.9. The third kappa shape index (κ3) is 21.0. The molecule has 0 bridgehead atoms. The standard InChI is InChI=1S/C18H39P.2ClH/c1-4-7-10-13-16-19(17-14-11-8-5-2)18-15-12-9-6-3;;/h4-18H2,1-3H3;2*1H. The normalized spacial score (nSPS) is 10.3. The summed E-state index contributed by atoms with van der Waals surface area (Å²) in [6.45, 7) is 6.95. The monoisotopic (exact) mass is 358 g/mol. The lowest BCUT2D eigenvalue weighted by atomic mass is 10.2. The molecule has 0 aliphatic rings. The lowest BCUT2D eigenvalue weighted by Crippen LogP contribution is -1.97. The van der Waals surface area contributed by atoms with Gasteiger partial charge < -0.3 is 0 Å². The van der Waals surface area contributed by atoms with Crippen LogP contribution in [-0.2, 0) is 0 Å². The Labute approximate surface area is 149 Å². The van der Waals surface area contributed by atoms with Crippen LogP contribution in [0, 0.1) is 0 Å². The van der Waals surface area contributed by atoms with Gasteiger partial charge in [-0.3, -0.25) is 0 Å². The molecule has 0 aromatic carbocycles. The van der Waals surface area contributed by atoms with E-state index in [4.69, 9.17) is 0 Å². The van der Waals surface area contributed by atoms with Crippen molar-refractivity contribution >= 4 is 32.7 Å². The molecule has 0 aliphatic carbocycles. The van der Waals surface area contributed by atoms with E-state index < -0.39 is 0 Å². The Morgan fingerprint density at radius 3 is 0.952 bits per heavy atom. The minimum Gasteiger partial charge on any atom is -0.147 e. The maximum Gasteiger partial charge on any atom is -0.0326 e. The second kappa shape index (κ2) is 23.3. The zero-order chi connectivity index (χ0) is 14.2. The van der Waals surface area contributed by atoms with Crippen LogP contribution >= 0.6 is 32.7 Å². The highest BCUT2D eigenvalue weighted by Crippen LogP contribution is 2.39. The van der Waals surface area contributed by atoms with Gasteiger partial charge in [-0.1, -0.05) is 78.6 Å². The minimum absolute atomic E-state index is 0. The molecule has 0 nitrogen and oxygen atoms in total. The van der Waals surface area contributed by atoms with E-state index in [-0.39, 0.29) is 24.8 Å². The van der Waals surface area contributed by atoms with Crippen molar-refractivity contribution in [2.24, 2.45) is 0 Å². The van der Waals surface area contributed by atoms with Crippen molar-refractivity contribution in [1.82, 2.24) is 0 Å². The summed E-state index contributed by atoms with van der Waals surface area (Å²) in [5.74, 6) is 0. The SMILES string of the molecule is CCCCCCP(CCCCCC)CCCCCC.Cl.Cl. The molecule has 0 saturated carbocycles. The van der Waals surface area contributed by atoms with Crippen LogP contribution in [0.4, 0.5) is 0 Å². The van der Waals surface area contributed by atoms with E-state index in [1.165, 1.54) is 77.0 Å². The molecule has 0 aromatic rings. The van der Waals surface area contributed by atoms with Gasteiger partial charge in [-0.05, 0) is 37.7 Å². The summed E-state index contributed by atoms with van der Waals surface area (Å²) in [6.07, 6.45) is 22.2. The molecule has 0 amide bonds. The Bertz CT molecular complexity index is 137. The fourth-order valence-corrected chi connectivity index (χ4v) is 5.31. The number of halogens is 2. The maximum atomic E-state index is 2.32. The number of hydrogen-bond acceptors (Lipinski definition) is 0. The van der Waals surface area contributed by atoms with Crippen molar-refractivity contribution in [2.45, 2.75) is 97.8 Å². The molecule has 0 saturated heterocycles. The average molecular weight is 359 g/mol. The molecule has 0 atom stereocenters. The molecule has 0 unspecified atom stereocenters. The van der Waals surface area contributed by atoms with E-state index in [2.05, 4.69) is 20.8 Å². The van der Waals surface area contributed by atoms with Gasteiger partial charge in [0.25, 0.3) is 0 Å². The summed E-state index contributed by atoms with van der Waals surface area (Å²) in [6, 6.07) is 0. The van der Waals surface area contributed by atoms with Gasteiger partial charge in [0.1, 0.15) is 0 Å². The largest absolute Gasteiger partial charge is 0.147 e. The fraction of sp³-hybridized carbons (Fsp3) is 1.00. The molecule has 0 aliphatic heterocycles. The van der Waals surface area contributed by atoms with E-state index in [0.717, 1.165) is 0 Å². The highest BCUT2D eigenvalue weighted by atomic mass is 35.5. The summed E-state index contributed by atoms with van der Waals surface area (Å²) in [7, 11) is 0.389. The van der Waals surface area contributed by atoms with Crippen LogP contribution in [0.1, 0.15) is 97.8 Å². The molecular formula is C18H41Cl2P. The molecule has 0 heterocycles. The third-order valence-electron chi connectivity index (χ3n) is 3.98. The lowest BCUT2D eigenvalue weighted by Gasteiger charge is -2.17. The topological polar surface area (TPSA) is 0 Å². The molecule has 0 aromatic heterocycles. The molecule has 0 spiro atoms. The summed E-state index contributed by atoms with van der Waals surface area (Å²) in [5, 5.41) is 0. The summed E-state index contributed by atoms with van der Waals surface area (Å²) in [4.78, 5) is 0. The van der Waals surface area contributed by atoms with Crippen molar-refractivity contribution in [2.75, 3.05) is 18.5 Å². The van der Waals surface area contributed by atoms with Gasteiger partial charge >= 0.3 is 0 Å². The van der Waals surface area contributed by atoms with Crippen LogP contribution in [0.3, 0.4) is 0 Å². The van der Waals surface area contributed by atoms with Gasteiger partial charge in [-0.2, -0.15) is 0 Å². The molecular weight excluding hydrogens is 318 g/mol. The Hall–Kier alpha value is 1.01. The highest BCUT2D eigenvalue weighted by molar-refractivity contribution is 7.57. The molecule has 0 radical (unpaired) electrons. The maximum absolute atomic E-state index is 2.32. The molecule has 132 valence electrons. The Balaban J connectivity index is -0.00000162. The van der Waals surface area contributed by atoms with Gasteiger partial charge in [0.2, 0.25) is 0 Å². The molecule has 21 heavy (non-hydrogen) atoms. The highest BCUT2D eigenvalue weighted by Gasteiger charge is 2.07. The summed E-state index contributed by atoms with van der Waals surface area (Å²) >= 11 is 0. The summed E-state index contributed by atoms with van der Waals surface area (Å²) in [5.41, 5.74) is 0. The van der Waals surface area contributed by atoms with Crippen molar-refractivity contribution in [1.29, 1.82) is 0 Å².